The van der Waals surface area contributed by atoms with Gasteiger partial charge < -0.3 is 19.5 Å². The zero-order valence-corrected chi connectivity index (χ0v) is 15.5. The Morgan fingerprint density at radius 2 is 1.79 bits per heavy atom. The molecule has 0 bridgehead atoms. The van der Waals surface area contributed by atoms with E-state index in [0.717, 1.165) is 31.2 Å². The molecule has 1 aliphatic carbocycles. The predicted molar refractivity (Wildman–Crippen MR) is 101 cm³/mol. The molecule has 1 fully saturated rings. The highest BCUT2D eigenvalue weighted by Gasteiger charge is 2.28. The molecule has 0 atom stereocenters. The monoisotopic (exact) mass is 382 g/mol. The first kappa shape index (κ1) is 18.3. The molecule has 1 amide bonds. The Morgan fingerprint density at radius 1 is 1.04 bits per heavy atom. The van der Waals surface area contributed by atoms with Crippen LogP contribution in [0.5, 0.6) is 11.5 Å². The molecule has 1 aliphatic heterocycles. The molecule has 28 heavy (non-hydrogen) atoms. The number of ether oxygens (including phenoxy) is 2. The van der Waals surface area contributed by atoms with E-state index in [9.17, 15) is 14.7 Å². The Hall–Kier alpha value is -3.09. The molecule has 7 nitrogen and oxygen atoms in total. The maximum absolute atomic E-state index is 13.3. The standard InChI is InChI=1S/C21H22N2O5/c24-20(16-7-4-8-17(22-16)21(25)26)23(15-5-2-1-3-6-15)12-14-9-10-18-19(11-14)28-13-27-18/h4,7-11,15H,1-3,5-6,12-13H2,(H,25,26). The number of aromatic nitrogens is 1. The first-order chi connectivity index (χ1) is 13.6. The number of hydrogen-bond acceptors (Lipinski definition) is 5. The molecule has 0 spiro atoms. The van der Waals surface area contributed by atoms with E-state index in [4.69, 9.17) is 9.47 Å². The van der Waals surface area contributed by atoms with Gasteiger partial charge in [-0.05, 0) is 42.7 Å². The van der Waals surface area contributed by atoms with Crippen molar-refractivity contribution in [1.82, 2.24) is 9.88 Å². The van der Waals surface area contributed by atoms with Gasteiger partial charge in [-0.2, -0.15) is 0 Å². The second-order valence-electron chi connectivity index (χ2n) is 7.13. The summed E-state index contributed by atoms with van der Waals surface area (Å²) >= 11 is 0. The third-order valence-corrected chi connectivity index (χ3v) is 5.25. The average Bonchev–Trinajstić information content (AvgIpc) is 3.20. The van der Waals surface area contributed by atoms with Gasteiger partial charge in [0, 0.05) is 12.6 Å². The third-order valence-electron chi connectivity index (χ3n) is 5.25. The number of pyridine rings is 1. The highest BCUT2D eigenvalue weighted by Crippen LogP contribution is 2.33. The quantitative estimate of drug-likeness (QED) is 0.852. The second kappa shape index (κ2) is 7.88. The summed E-state index contributed by atoms with van der Waals surface area (Å²) in [6.45, 7) is 0.620. The van der Waals surface area contributed by atoms with Crippen molar-refractivity contribution in [3.63, 3.8) is 0 Å². The lowest BCUT2D eigenvalue weighted by Crippen LogP contribution is -2.41. The number of carbonyl (C=O) groups is 2. The summed E-state index contributed by atoms with van der Waals surface area (Å²) in [6.07, 6.45) is 5.22. The topological polar surface area (TPSA) is 89.0 Å². The molecule has 0 radical (unpaired) electrons. The smallest absolute Gasteiger partial charge is 0.354 e. The normalized spacial score (nSPS) is 16.0. The highest BCUT2D eigenvalue weighted by atomic mass is 16.7. The Kier molecular flexibility index (Phi) is 5.14. The minimum Gasteiger partial charge on any atom is -0.477 e. The first-order valence-corrected chi connectivity index (χ1v) is 9.51. The van der Waals surface area contributed by atoms with Crippen molar-refractivity contribution in [3.05, 3.63) is 53.3 Å². The predicted octanol–water partition coefficient (Wildman–Crippen LogP) is 3.48. The van der Waals surface area contributed by atoms with E-state index in [0.29, 0.717) is 18.0 Å². The molecule has 7 heteroatoms. The van der Waals surface area contributed by atoms with E-state index < -0.39 is 5.97 Å². The lowest BCUT2D eigenvalue weighted by atomic mass is 9.93. The van der Waals surface area contributed by atoms with Gasteiger partial charge in [0.25, 0.3) is 5.91 Å². The molecule has 1 aromatic heterocycles. The van der Waals surface area contributed by atoms with E-state index in [1.807, 2.05) is 23.1 Å². The van der Waals surface area contributed by atoms with Crippen LogP contribution < -0.4 is 9.47 Å². The maximum atomic E-state index is 13.3. The van der Waals surface area contributed by atoms with Crippen molar-refractivity contribution >= 4 is 11.9 Å². The van der Waals surface area contributed by atoms with Crippen LogP contribution in [-0.4, -0.2) is 39.7 Å². The van der Waals surface area contributed by atoms with Crippen LogP contribution in [0.15, 0.2) is 36.4 Å². The van der Waals surface area contributed by atoms with Crippen LogP contribution >= 0.6 is 0 Å². The van der Waals surface area contributed by atoms with Crippen LogP contribution in [0.2, 0.25) is 0 Å². The Bertz CT molecular complexity index is 892. The zero-order valence-electron chi connectivity index (χ0n) is 15.5. The van der Waals surface area contributed by atoms with Crippen LogP contribution in [-0.2, 0) is 6.54 Å². The van der Waals surface area contributed by atoms with Crippen LogP contribution in [0.3, 0.4) is 0 Å². The fraction of sp³-hybridized carbons (Fsp3) is 0.381. The number of rotatable bonds is 5. The molecule has 0 unspecified atom stereocenters. The van der Waals surface area contributed by atoms with Gasteiger partial charge in [-0.15, -0.1) is 0 Å². The SMILES string of the molecule is O=C(O)c1cccc(C(=O)N(Cc2ccc3c(c2)OCO3)C2CCCCC2)n1. The number of carbonyl (C=O) groups excluding carboxylic acids is 1. The van der Waals surface area contributed by atoms with Gasteiger partial charge in [0.2, 0.25) is 6.79 Å². The molecule has 1 aromatic carbocycles. The highest BCUT2D eigenvalue weighted by molar-refractivity contribution is 5.94. The summed E-state index contributed by atoms with van der Waals surface area (Å²) in [5.41, 5.74) is 0.973. The van der Waals surface area contributed by atoms with Gasteiger partial charge in [0.15, 0.2) is 11.5 Å². The fourth-order valence-electron chi connectivity index (χ4n) is 3.82. The molecule has 2 heterocycles. The van der Waals surface area contributed by atoms with Gasteiger partial charge in [-0.3, -0.25) is 4.79 Å². The Morgan fingerprint density at radius 3 is 2.57 bits per heavy atom. The fourth-order valence-corrected chi connectivity index (χ4v) is 3.82. The van der Waals surface area contributed by atoms with Gasteiger partial charge in [0.1, 0.15) is 11.4 Å². The molecule has 4 rings (SSSR count). The Labute approximate surface area is 162 Å². The molecule has 0 saturated heterocycles. The van der Waals surface area contributed by atoms with Crippen LogP contribution in [0, 0.1) is 0 Å². The second-order valence-corrected chi connectivity index (χ2v) is 7.13. The first-order valence-electron chi connectivity index (χ1n) is 9.51. The summed E-state index contributed by atoms with van der Waals surface area (Å²) in [5.74, 6) is -0.00281. The Balaban J connectivity index is 1.62. The third kappa shape index (κ3) is 3.78. The van der Waals surface area contributed by atoms with E-state index in [2.05, 4.69) is 4.98 Å². The van der Waals surface area contributed by atoms with E-state index in [-0.39, 0.29) is 30.1 Å². The van der Waals surface area contributed by atoms with E-state index in [1.165, 1.54) is 12.5 Å². The number of fused-ring (bicyclic) bond motifs is 1. The molecule has 1 saturated carbocycles. The van der Waals surface area contributed by atoms with Gasteiger partial charge in [-0.1, -0.05) is 31.4 Å². The number of carboxylic acids is 1. The summed E-state index contributed by atoms with van der Waals surface area (Å²) < 4.78 is 10.8. The lowest BCUT2D eigenvalue weighted by Gasteiger charge is -2.34. The molecular weight excluding hydrogens is 360 g/mol. The van der Waals surface area contributed by atoms with E-state index in [1.54, 1.807) is 12.1 Å². The van der Waals surface area contributed by atoms with Gasteiger partial charge >= 0.3 is 5.97 Å². The van der Waals surface area contributed by atoms with Crippen molar-refractivity contribution in [1.29, 1.82) is 0 Å². The lowest BCUT2D eigenvalue weighted by molar-refractivity contribution is 0.0607. The van der Waals surface area contributed by atoms with E-state index >= 15 is 0 Å². The minimum atomic E-state index is -1.14. The number of amides is 1. The number of aromatic carboxylic acids is 1. The summed E-state index contributed by atoms with van der Waals surface area (Å²) in [7, 11) is 0. The molecule has 1 N–H and O–H groups in total. The molecule has 2 aliphatic rings. The van der Waals surface area contributed by atoms with Crippen LogP contribution in [0.4, 0.5) is 0 Å². The number of hydrogen-bond donors (Lipinski definition) is 1. The summed E-state index contributed by atoms with van der Waals surface area (Å²) in [6, 6.07) is 10.3. The van der Waals surface area contributed by atoms with Crippen LogP contribution in [0.25, 0.3) is 0 Å². The number of carboxylic acid groups (broad SMARTS) is 1. The maximum Gasteiger partial charge on any atom is 0.354 e. The largest absolute Gasteiger partial charge is 0.477 e. The number of nitrogens with zero attached hydrogens (tertiary/aromatic N) is 2. The minimum absolute atomic E-state index is 0.113. The molecular formula is C21H22N2O5. The van der Waals surface area contributed by atoms with Crippen molar-refractivity contribution in [3.8, 4) is 11.5 Å². The molecule has 2 aromatic rings. The summed E-state index contributed by atoms with van der Waals surface area (Å²) in [5, 5.41) is 9.19. The van der Waals surface area contributed by atoms with Gasteiger partial charge in [-0.25, -0.2) is 9.78 Å². The van der Waals surface area contributed by atoms with Crippen molar-refractivity contribution in [2.75, 3.05) is 6.79 Å². The van der Waals surface area contributed by atoms with Crippen molar-refractivity contribution in [2.45, 2.75) is 44.7 Å². The van der Waals surface area contributed by atoms with Crippen molar-refractivity contribution < 1.29 is 24.2 Å². The zero-order chi connectivity index (χ0) is 19.5. The summed E-state index contributed by atoms with van der Waals surface area (Å²) in [4.78, 5) is 30.4. The molecule has 146 valence electrons. The van der Waals surface area contributed by atoms with Gasteiger partial charge in [0.05, 0.1) is 0 Å². The van der Waals surface area contributed by atoms with Crippen LogP contribution in [0.1, 0.15) is 58.6 Å². The average molecular weight is 382 g/mol. The van der Waals surface area contributed by atoms with Crippen molar-refractivity contribution in [2.24, 2.45) is 0 Å². The number of benzene rings is 1.